The highest BCUT2D eigenvalue weighted by atomic mass is 19.1. The minimum atomic E-state index is -0.374. The van der Waals surface area contributed by atoms with Crippen LogP contribution >= 0.6 is 0 Å². The molecule has 2 unspecified atom stereocenters. The van der Waals surface area contributed by atoms with Gasteiger partial charge in [0.2, 0.25) is 0 Å². The Labute approximate surface area is 107 Å². The van der Waals surface area contributed by atoms with Crippen molar-refractivity contribution in [2.24, 2.45) is 0 Å². The molecule has 3 nitrogen and oxygen atoms in total. The minimum absolute atomic E-state index is 0.000662. The fourth-order valence-electron chi connectivity index (χ4n) is 3.30. The number of nitrogens with zero attached hydrogens (tertiary/aromatic N) is 1. The number of fused-ring (bicyclic) bond motifs is 1. The van der Waals surface area contributed by atoms with Crippen LogP contribution in [0.4, 0.5) is 4.39 Å². The van der Waals surface area contributed by atoms with Crippen molar-refractivity contribution in [1.82, 2.24) is 10.2 Å². The molecule has 0 saturated carbocycles. The normalized spacial score (nSPS) is 27.6. The zero-order valence-corrected chi connectivity index (χ0v) is 10.4. The summed E-state index contributed by atoms with van der Waals surface area (Å²) in [5, 5.41) is 12.9. The van der Waals surface area contributed by atoms with Crippen molar-refractivity contribution in [2.45, 2.75) is 37.9 Å². The third-order valence-corrected chi connectivity index (χ3v) is 4.12. The van der Waals surface area contributed by atoms with E-state index in [9.17, 15) is 9.50 Å². The number of benzene rings is 1. The van der Waals surface area contributed by atoms with Crippen molar-refractivity contribution in [3.8, 4) is 5.75 Å². The van der Waals surface area contributed by atoms with Crippen molar-refractivity contribution in [3.63, 3.8) is 0 Å². The predicted molar refractivity (Wildman–Crippen MR) is 67.9 cm³/mol. The summed E-state index contributed by atoms with van der Waals surface area (Å²) >= 11 is 0. The van der Waals surface area contributed by atoms with E-state index in [4.69, 9.17) is 0 Å². The van der Waals surface area contributed by atoms with E-state index in [2.05, 4.69) is 10.2 Å². The van der Waals surface area contributed by atoms with E-state index < -0.39 is 0 Å². The first-order valence-corrected chi connectivity index (χ1v) is 6.68. The second-order valence-electron chi connectivity index (χ2n) is 5.34. The van der Waals surface area contributed by atoms with E-state index in [0.717, 1.165) is 11.6 Å². The lowest BCUT2D eigenvalue weighted by Gasteiger charge is -2.21. The fourth-order valence-corrected chi connectivity index (χ4v) is 3.30. The second-order valence-corrected chi connectivity index (χ2v) is 5.34. The third-order valence-electron chi connectivity index (χ3n) is 4.12. The van der Waals surface area contributed by atoms with Gasteiger partial charge < -0.3 is 10.4 Å². The average molecular weight is 250 g/mol. The Balaban J connectivity index is 1.61. The molecular formula is C14H19FN2O. The number of rotatable bonds is 3. The van der Waals surface area contributed by atoms with E-state index in [1.54, 1.807) is 6.07 Å². The van der Waals surface area contributed by atoms with Gasteiger partial charge >= 0.3 is 0 Å². The first-order valence-electron chi connectivity index (χ1n) is 6.68. The topological polar surface area (TPSA) is 35.5 Å². The molecule has 0 aromatic heterocycles. The Morgan fingerprint density at radius 3 is 3.00 bits per heavy atom. The SMILES string of the molecule is Oc1cc(F)cc(CNC2CCN3CCCC23)c1. The summed E-state index contributed by atoms with van der Waals surface area (Å²) in [6.45, 7) is 3.03. The number of halogens is 1. The van der Waals surface area contributed by atoms with Crippen LogP contribution in [0.2, 0.25) is 0 Å². The summed E-state index contributed by atoms with van der Waals surface area (Å²) in [6.07, 6.45) is 3.74. The lowest BCUT2D eigenvalue weighted by Crippen LogP contribution is -2.38. The molecule has 98 valence electrons. The summed E-state index contributed by atoms with van der Waals surface area (Å²) in [4.78, 5) is 2.54. The first-order chi connectivity index (χ1) is 8.72. The maximum Gasteiger partial charge on any atom is 0.127 e. The van der Waals surface area contributed by atoms with Crippen molar-refractivity contribution in [2.75, 3.05) is 13.1 Å². The van der Waals surface area contributed by atoms with Crippen molar-refractivity contribution < 1.29 is 9.50 Å². The Bertz CT molecular complexity index is 418. The van der Waals surface area contributed by atoms with E-state index in [-0.39, 0.29) is 11.6 Å². The third kappa shape index (κ3) is 2.35. The molecule has 2 aliphatic rings. The quantitative estimate of drug-likeness (QED) is 0.859. The van der Waals surface area contributed by atoms with Crippen LogP contribution in [0.5, 0.6) is 5.75 Å². The van der Waals surface area contributed by atoms with Crippen molar-refractivity contribution >= 4 is 0 Å². The summed E-state index contributed by atoms with van der Waals surface area (Å²) in [5.74, 6) is -0.374. The van der Waals surface area contributed by atoms with Gasteiger partial charge in [-0.2, -0.15) is 0 Å². The summed E-state index contributed by atoms with van der Waals surface area (Å²) < 4.78 is 13.1. The number of aromatic hydroxyl groups is 1. The van der Waals surface area contributed by atoms with E-state index in [1.807, 2.05) is 0 Å². The fraction of sp³-hybridized carbons (Fsp3) is 0.571. The van der Waals surface area contributed by atoms with Crippen molar-refractivity contribution in [1.29, 1.82) is 0 Å². The summed E-state index contributed by atoms with van der Waals surface area (Å²) in [6, 6.07) is 5.41. The number of phenols is 1. The molecule has 0 amide bonds. The van der Waals surface area contributed by atoms with Crippen LogP contribution in [-0.2, 0) is 6.54 Å². The first kappa shape index (κ1) is 11.9. The molecule has 2 aliphatic heterocycles. The molecule has 4 heteroatoms. The molecule has 2 N–H and O–H groups in total. The minimum Gasteiger partial charge on any atom is -0.508 e. The van der Waals surface area contributed by atoms with Gasteiger partial charge in [-0.25, -0.2) is 4.39 Å². The monoisotopic (exact) mass is 250 g/mol. The lowest BCUT2D eigenvalue weighted by molar-refractivity contribution is 0.298. The van der Waals surface area contributed by atoms with Crippen LogP contribution in [0.3, 0.4) is 0 Å². The van der Waals surface area contributed by atoms with Crippen LogP contribution in [0.25, 0.3) is 0 Å². The van der Waals surface area contributed by atoms with Gasteiger partial charge in [0, 0.05) is 31.2 Å². The Morgan fingerprint density at radius 1 is 1.28 bits per heavy atom. The molecule has 0 spiro atoms. The van der Waals surface area contributed by atoms with Crippen molar-refractivity contribution in [3.05, 3.63) is 29.6 Å². The number of nitrogens with one attached hydrogen (secondary N) is 1. The Morgan fingerprint density at radius 2 is 2.17 bits per heavy atom. The van der Waals surface area contributed by atoms with E-state index >= 15 is 0 Å². The van der Waals surface area contributed by atoms with Gasteiger partial charge in [-0.05, 0) is 43.5 Å². The van der Waals surface area contributed by atoms with Crippen LogP contribution in [-0.4, -0.2) is 35.2 Å². The zero-order valence-electron chi connectivity index (χ0n) is 10.4. The van der Waals surface area contributed by atoms with Gasteiger partial charge in [0.15, 0.2) is 0 Å². The molecule has 0 radical (unpaired) electrons. The molecule has 3 rings (SSSR count). The van der Waals surface area contributed by atoms with Crippen LogP contribution in [0.15, 0.2) is 18.2 Å². The van der Waals surface area contributed by atoms with Gasteiger partial charge in [-0.1, -0.05) is 0 Å². The van der Waals surface area contributed by atoms with Crippen LogP contribution < -0.4 is 5.32 Å². The average Bonchev–Trinajstić information content (AvgIpc) is 2.87. The maximum atomic E-state index is 13.1. The molecular weight excluding hydrogens is 231 g/mol. The van der Waals surface area contributed by atoms with Gasteiger partial charge in [0.25, 0.3) is 0 Å². The summed E-state index contributed by atoms with van der Waals surface area (Å²) in [7, 11) is 0. The van der Waals surface area contributed by atoms with E-state index in [0.29, 0.717) is 18.6 Å². The van der Waals surface area contributed by atoms with Crippen LogP contribution in [0.1, 0.15) is 24.8 Å². The second kappa shape index (κ2) is 4.86. The zero-order chi connectivity index (χ0) is 12.5. The predicted octanol–water partition coefficient (Wildman–Crippen LogP) is 1.86. The Hall–Kier alpha value is -1.13. The smallest absolute Gasteiger partial charge is 0.127 e. The molecule has 2 fully saturated rings. The van der Waals surface area contributed by atoms with Gasteiger partial charge in [-0.15, -0.1) is 0 Å². The largest absolute Gasteiger partial charge is 0.508 e. The lowest BCUT2D eigenvalue weighted by atomic mass is 10.1. The highest BCUT2D eigenvalue weighted by Gasteiger charge is 2.36. The molecule has 2 heterocycles. The number of phenolic OH excluding ortho intramolecular Hbond substituents is 1. The van der Waals surface area contributed by atoms with Crippen LogP contribution in [0, 0.1) is 5.82 Å². The highest BCUT2D eigenvalue weighted by Crippen LogP contribution is 2.28. The summed E-state index contributed by atoms with van der Waals surface area (Å²) in [5.41, 5.74) is 0.809. The molecule has 18 heavy (non-hydrogen) atoms. The van der Waals surface area contributed by atoms with E-state index in [1.165, 1.54) is 38.4 Å². The van der Waals surface area contributed by atoms with Gasteiger partial charge in [0.1, 0.15) is 11.6 Å². The standard InChI is InChI=1S/C14H19FN2O/c15-11-6-10(7-12(18)8-11)9-16-13-3-5-17-4-1-2-14(13)17/h6-8,13-14,16,18H,1-5,9H2. The van der Waals surface area contributed by atoms with Gasteiger partial charge in [0.05, 0.1) is 0 Å². The number of hydrogen-bond donors (Lipinski definition) is 2. The molecule has 0 bridgehead atoms. The highest BCUT2D eigenvalue weighted by molar-refractivity contribution is 5.28. The number of hydrogen-bond acceptors (Lipinski definition) is 3. The molecule has 0 aliphatic carbocycles. The molecule has 2 atom stereocenters. The molecule has 1 aromatic rings. The maximum absolute atomic E-state index is 13.1. The van der Waals surface area contributed by atoms with Gasteiger partial charge in [-0.3, -0.25) is 4.90 Å². The Kier molecular flexibility index (Phi) is 3.22. The molecule has 1 aromatic carbocycles. The molecule has 2 saturated heterocycles.